The maximum atomic E-state index is 3.32. The van der Waals surface area contributed by atoms with Gasteiger partial charge < -0.3 is 10.2 Å². The fourth-order valence-corrected chi connectivity index (χ4v) is 1.92. The van der Waals surface area contributed by atoms with Crippen molar-refractivity contribution in [2.75, 3.05) is 32.7 Å². The molecule has 2 heteroatoms. The molecule has 2 saturated heterocycles. The Kier molecular flexibility index (Phi) is 10.4. The van der Waals surface area contributed by atoms with Crippen LogP contribution in [0.15, 0.2) is 0 Å². The lowest BCUT2D eigenvalue weighted by Crippen LogP contribution is -2.43. The standard InChI is InChI=1S/C9H18N2.2C2H6/c1-2-5-11(4-1)6-3-9-7-10-8-9;2*1-2/h9-10H,1-8H2;2*1-2H3. The van der Waals surface area contributed by atoms with Crippen molar-refractivity contribution < 1.29 is 0 Å². The molecule has 0 aromatic carbocycles. The highest BCUT2D eigenvalue weighted by Crippen LogP contribution is 2.12. The number of likely N-dealkylation sites (tertiary alicyclic amines) is 1. The minimum absolute atomic E-state index is 0.996. The summed E-state index contributed by atoms with van der Waals surface area (Å²) in [6.07, 6.45) is 4.29. The van der Waals surface area contributed by atoms with Crippen LogP contribution in [-0.2, 0) is 0 Å². The summed E-state index contributed by atoms with van der Waals surface area (Å²) < 4.78 is 0. The second kappa shape index (κ2) is 10.4. The summed E-state index contributed by atoms with van der Waals surface area (Å²) in [5, 5.41) is 3.32. The van der Waals surface area contributed by atoms with Crippen LogP contribution in [0.2, 0.25) is 0 Å². The van der Waals surface area contributed by atoms with E-state index in [-0.39, 0.29) is 0 Å². The van der Waals surface area contributed by atoms with Crippen LogP contribution in [0.4, 0.5) is 0 Å². The Balaban J connectivity index is 0.000000442. The SMILES string of the molecule is C1CCN(CCC2CNC2)C1.CC.CC. The third-order valence-electron chi connectivity index (χ3n) is 2.92. The van der Waals surface area contributed by atoms with E-state index in [0.29, 0.717) is 0 Å². The average molecular weight is 214 g/mol. The molecule has 0 unspecified atom stereocenters. The first-order valence-corrected chi connectivity index (χ1v) is 6.88. The minimum Gasteiger partial charge on any atom is -0.316 e. The lowest BCUT2D eigenvalue weighted by Gasteiger charge is -2.28. The largest absolute Gasteiger partial charge is 0.316 e. The number of hydrogen-bond donors (Lipinski definition) is 1. The van der Waals surface area contributed by atoms with Gasteiger partial charge in [-0.3, -0.25) is 0 Å². The van der Waals surface area contributed by atoms with Crippen molar-refractivity contribution in [1.29, 1.82) is 0 Å². The number of rotatable bonds is 3. The van der Waals surface area contributed by atoms with Crippen molar-refractivity contribution >= 4 is 0 Å². The summed E-state index contributed by atoms with van der Waals surface area (Å²) >= 11 is 0. The molecule has 15 heavy (non-hydrogen) atoms. The van der Waals surface area contributed by atoms with Crippen LogP contribution in [0.1, 0.15) is 47.0 Å². The normalized spacial score (nSPS) is 20.8. The predicted molar refractivity (Wildman–Crippen MR) is 69.3 cm³/mol. The van der Waals surface area contributed by atoms with E-state index in [1.807, 2.05) is 27.7 Å². The molecule has 0 aromatic rings. The van der Waals surface area contributed by atoms with Crippen LogP contribution in [0.5, 0.6) is 0 Å². The summed E-state index contributed by atoms with van der Waals surface area (Å²) in [5.74, 6) is 0.996. The summed E-state index contributed by atoms with van der Waals surface area (Å²) in [4.78, 5) is 2.61. The lowest BCUT2D eigenvalue weighted by atomic mass is 9.99. The molecule has 2 heterocycles. The molecule has 0 radical (unpaired) electrons. The van der Waals surface area contributed by atoms with Gasteiger partial charge in [0.2, 0.25) is 0 Å². The minimum atomic E-state index is 0.996. The van der Waals surface area contributed by atoms with Gasteiger partial charge in [0, 0.05) is 0 Å². The lowest BCUT2D eigenvalue weighted by molar-refractivity contribution is 0.257. The van der Waals surface area contributed by atoms with E-state index in [2.05, 4.69) is 10.2 Å². The molecule has 2 aliphatic rings. The van der Waals surface area contributed by atoms with Gasteiger partial charge >= 0.3 is 0 Å². The molecule has 0 atom stereocenters. The molecular formula is C13H30N2. The van der Waals surface area contributed by atoms with Crippen LogP contribution >= 0.6 is 0 Å². The zero-order valence-corrected chi connectivity index (χ0v) is 11.2. The summed E-state index contributed by atoms with van der Waals surface area (Å²) in [5.41, 5.74) is 0. The Labute approximate surface area is 96.4 Å². The zero-order valence-electron chi connectivity index (χ0n) is 11.2. The van der Waals surface area contributed by atoms with Crippen LogP contribution in [-0.4, -0.2) is 37.6 Å². The average Bonchev–Trinajstić information content (AvgIpc) is 2.75. The number of nitrogens with zero attached hydrogens (tertiary/aromatic N) is 1. The molecule has 0 aliphatic carbocycles. The first kappa shape index (κ1) is 14.9. The van der Waals surface area contributed by atoms with Gasteiger partial charge in [-0.1, -0.05) is 27.7 Å². The second-order valence-corrected chi connectivity index (χ2v) is 3.86. The van der Waals surface area contributed by atoms with Crippen LogP contribution < -0.4 is 5.32 Å². The van der Waals surface area contributed by atoms with Crippen molar-refractivity contribution in [2.24, 2.45) is 5.92 Å². The molecule has 0 spiro atoms. The second-order valence-electron chi connectivity index (χ2n) is 3.86. The fraction of sp³-hybridized carbons (Fsp3) is 1.00. The van der Waals surface area contributed by atoms with Gasteiger partial charge in [0.05, 0.1) is 0 Å². The molecule has 92 valence electrons. The quantitative estimate of drug-likeness (QED) is 0.777. The predicted octanol–water partition coefficient (Wildman–Crippen LogP) is 2.74. The van der Waals surface area contributed by atoms with Gasteiger partial charge in [-0.25, -0.2) is 0 Å². The fourth-order valence-electron chi connectivity index (χ4n) is 1.92. The third-order valence-corrected chi connectivity index (χ3v) is 2.92. The molecule has 0 amide bonds. The summed E-state index contributed by atoms with van der Waals surface area (Å²) in [7, 11) is 0. The maximum absolute atomic E-state index is 3.32. The monoisotopic (exact) mass is 214 g/mol. The van der Waals surface area contributed by atoms with Crippen molar-refractivity contribution in [3.8, 4) is 0 Å². The van der Waals surface area contributed by atoms with Gasteiger partial charge in [0.25, 0.3) is 0 Å². The van der Waals surface area contributed by atoms with Gasteiger partial charge in [0.15, 0.2) is 0 Å². The summed E-state index contributed by atoms with van der Waals surface area (Å²) in [6.45, 7) is 14.6. The maximum Gasteiger partial charge on any atom is -0.000778 e. The van der Waals surface area contributed by atoms with Crippen molar-refractivity contribution in [3.63, 3.8) is 0 Å². The van der Waals surface area contributed by atoms with Gasteiger partial charge in [-0.05, 0) is 57.9 Å². The van der Waals surface area contributed by atoms with E-state index in [9.17, 15) is 0 Å². The van der Waals surface area contributed by atoms with Crippen molar-refractivity contribution in [3.05, 3.63) is 0 Å². The molecule has 0 aromatic heterocycles. The van der Waals surface area contributed by atoms with E-state index >= 15 is 0 Å². The van der Waals surface area contributed by atoms with E-state index < -0.39 is 0 Å². The van der Waals surface area contributed by atoms with E-state index in [1.165, 1.54) is 52.0 Å². The Morgan fingerprint density at radius 1 is 1.00 bits per heavy atom. The molecule has 2 fully saturated rings. The molecule has 2 aliphatic heterocycles. The zero-order chi connectivity index (χ0) is 11.5. The van der Waals surface area contributed by atoms with Crippen LogP contribution in [0.25, 0.3) is 0 Å². The number of nitrogens with one attached hydrogen (secondary N) is 1. The molecule has 1 N–H and O–H groups in total. The van der Waals surface area contributed by atoms with Gasteiger partial charge in [0.1, 0.15) is 0 Å². The Morgan fingerprint density at radius 3 is 1.93 bits per heavy atom. The molecular weight excluding hydrogens is 184 g/mol. The van der Waals surface area contributed by atoms with E-state index in [4.69, 9.17) is 0 Å². The first-order valence-electron chi connectivity index (χ1n) is 6.88. The van der Waals surface area contributed by atoms with Crippen LogP contribution in [0, 0.1) is 5.92 Å². The first-order chi connectivity index (χ1) is 7.45. The highest BCUT2D eigenvalue weighted by Gasteiger charge is 2.18. The smallest absolute Gasteiger partial charge is 0.000778 e. The topological polar surface area (TPSA) is 15.3 Å². The third kappa shape index (κ3) is 6.16. The Morgan fingerprint density at radius 2 is 1.53 bits per heavy atom. The van der Waals surface area contributed by atoms with Crippen LogP contribution in [0.3, 0.4) is 0 Å². The molecule has 2 nitrogen and oxygen atoms in total. The summed E-state index contributed by atoms with van der Waals surface area (Å²) in [6, 6.07) is 0. The van der Waals surface area contributed by atoms with E-state index in [0.717, 1.165) is 5.92 Å². The molecule has 0 bridgehead atoms. The Bertz CT molecular complexity index is 116. The van der Waals surface area contributed by atoms with Gasteiger partial charge in [-0.15, -0.1) is 0 Å². The molecule has 2 rings (SSSR count). The Hall–Kier alpha value is -0.0800. The molecule has 0 saturated carbocycles. The number of hydrogen-bond acceptors (Lipinski definition) is 2. The van der Waals surface area contributed by atoms with Gasteiger partial charge in [-0.2, -0.15) is 0 Å². The van der Waals surface area contributed by atoms with Crippen molar-refractivity contribution in [2.45, 2.75) is 47.0 Å². The highest BCUT2D eigenvalue weighted by molar-refractivity contribution is 4.76. The highest BCUT2D eigenvalue weighted by atomic mass is 15.1. The van der Waals surface area contributed by atoms with Crippen molar-refractivity contribution in [1.82, 2.24) is 10.2 Å². The van der Waals surface area contributed by atoms with E-state index in [1.54, 1.807) is 0 Å².